The average molecular weight is 481 g/mol. The molecule has 0 unspecified atom stereocenters. The molecule has 2 aromatic carbocycles. The van der Waals surface area contributed by atoms with Crippen molar-refractivity contribution in [2.45, 2.75) is 11.3 Å². The van der Waals surface area contributed by atoms with Gasteiger partial charge in [-0.25, -0.2) is 8.42 Å². The molecule has 0 bridgehead atoms. The summed E-state index contributed by atoms with van der Waals surface area (Å²) in [5.74, 6) is -0.132. The third kappa shape index (κ3) is 5.56. The number of para-hydroxylation sites is 1. The lowest BCUT2D eigenvalue weighted by atomic mass is 10.2. The summed E-state index contributed by atoms with van der Waals surface area (Å²) < 4.78 is 27.3. The van der Waals surface area contributed by atoms with Gasteiger partial charge in [-0.1, -0.05) is 47.5 Å². The van der Waals surface area contributed by atoms with E-state index in [0.29, 0.717) is 19.6 Å². The number of anilines is 1. The van der Waals surface area contributed by atoms with Crippen molar-refractivity contribution in [1.29, 1.82) is 5.26 Å². The van der Waals surface area contributed by atoms with E-state index in [4.69, 9.17) is 28.5 Å². The molecule has 1 amide bonds. The molecule has 1 fully saturated rings. The van der Waals surface area contributed by atoms with Crippen LogP contribution >= 0.6 is 23.2 Å². The van der Waals surface area contributed by atoms with Crippen LogP contribution in [0.4, 0.5) is 5.69 Å². The van der Waals surface area contributed by atoms with E-state index in [-0.39, 0.29) is 46.9 Å². The van der Waals surface area contributed by atoms with Gasteiger partial charge in [-0.15, -0.1) is 0 Å². The minimum atomic E-state index is -3.84. The Labute approximate surface area is 192 Å². The Morgan fingerprint density at radius 3 is 2.19 bits per heavy atom. The highest BCUT2D eigenvalue weighted by atomic mass is 35.5. The number of amides is 1. The van der Waals surface area contributed by atoms with Crippen LogP contribution in [0.2, 0.25) is 10.0 Å². The molecule has 0 saturated carbocycles. The Morgan fingerprint density at radius 1 is 1.00 bits per heavy atom. The first-order valence-electron chi connectivity index (χ1n) is 9.73. The van der Waals surface area contributed by atoms with Crippen LogP contribution in [0.1, 0.15) is 6.42 Å². The van der Waals surface area contributed by atoms with E-state index in [9.17, 15) is 13.2 Å². The Morgan fingerprint density at radius 2 is 1.61 bits per heavy atom. The van der Waals surface area contributed by atoms with Crippen LogP contribution in [-0.2, 0) is 14.8 Å². The standard InChI is InChI=1S/C21H22Cl2N4O3S/c22-18-8-4-9-19(23)21(18)31(29,30)26-14-12-25(13-15-26)16-20(28)27(11-5-10-24)17-6-2-1-3-7-17/h1-4,6-9H,5,11-16H2. The van der Waals surface area contributed by atoms with E-state index in [1.165, 1.54) is 16.4 Å². The molecule has 0 aliphatic carbocycles. The maximum atomic E-state index is 13.0. The highest BCUT2D eigenvalue weighted by Gasteiger charge is 2.32. The zero-order chi connectivity index (χ0) is 22.4. The first kappa shape index (κ1) is 23.5. The number of piperazine rings is 1. The minimum absolute atomic E-state index is 0.0844. The zero-order valence-electron chi connectivity index (χ0n) is 16.7. The molecule has 1 aliphatic rings. The second-order valence-electron chi connectivity index (χ2n) is 7.02. The van der Waals surface area contributed by atoms with Crippen molar-refractivity contribution in [2.75, 3.05) is 44.2 Å². The summed E-state index contributed by atoms with van der Waals surface area (Å²) in [6.07, 6.45) is 0.227. The summed E-state index contributed by atoms with van der Waals surface area (Å²) in [6.45, 7) is 1.68. The summed E-state index contributed by atoms with van der Waals surface area (Å²) in [7, 11) is -3.84. The van der Waals surface area contributed by atoms with Crippen LogP contribution in [0.15, 0.2) is 53.4 Å². The zero-order valence-corrected chi connectivity index (χ0v) is 19.1. The third-order valence-corrected chi connectivity index (χ3v) is 7.88. The summed E-state index contributed by atoms with van der Waals surface area (Å²) in [6, 6.07) is 15.8. The van der Waals surface area contributed by atoms with Gasteiger partial charge in [0.2, 0.25) is 15.9 Å². The number of carbonyl (C=O) groups is 1. The molecule has 0 atom stereocenters. The monoisotopic (exact) mass is 480 g/mol. The molecule has 0 N–H and O–H groups in total. The smallest absolute Gasteiger partial charge is 0.246 e. The third-order valence-electron chi connectivity index (χ3n) is 5.02. The lowest BCUT2D eigenvalue weighted by Gasteiger charge is -2.35. The summed E-state index contributed by atoms with van der Waals surface area (Å²) in [4.78, 5) is 16.3. The largest absolute Gasteiger partial charge is 0.310 e. The van der Waals surface area contributed by atoms with Crippen molar-refractivity contribution >= 4 is 44.8 Å². The fourth-order valence-electron chi connectivity index (χ4n) is 3.43. The van der Waals surface area contributed by atoms with Crippen LogP contribution in [0.3, 0.4) is 0 Å². The number of nitriles is 1. The SMILES string of the molecule is N#CCCN(C(=O)CN1CCN(S(=O)(=O)c2c(Cl)cccc2Cl)CC1)c1ccccc1. The van der Waals surface area contributed by atoms with Crippen LogP contribution in [0, 0.1) is 11.3 Å². The van der Waals surface area contributed by atoms with Crippen LogP contribution in [0.5, 0.6) is 0 Å². The summed E-state index contributed by atoms with van der Waals surface area (Å²) in [5, 5.41) is 9.09. The molecule has 3 rings (SSSR count). The van der Waals surface area contributed by atoms with E-state index in [0.717, 1.165) is 5.69 Å². The average Bonchev–Trinajstić information content (AvgIpc) is 2.75. The predicted molar refractivity (Wildman–Crippen MR) is 121 cm³/mol. The second kappa shape index (κ2) is 10.4. The number of hydrogen-bond donors (Lipinski definition) is 0. The number of rotatable bonds is 7. The molecule has 164 valence electrons. The number of nitrogens with zero attached hydrogens (tertiary/aromatic N) is 4. The molecule has 2 aromatic rings. The molecule has 0 spiro atoms. The molecule has 31 heavy (non-hydrogen) atoms. The first-order valence-corrected chi connectivity index (χ1v) is 11.9. The highest BCUT2D eigenvalue weighted by Crippen LogP contribution is 2.31. The molecular formula is C21H22Cl2N4O3S. The van der Waals surface area contributed by atoms with E-state index >= 15 is 0 Å². The van der Waals surface area contributed by atoms with Crippen molar-refractivity contribution in [3.63, 3.8) is 0 Å². The second-order valence-corrected chi connectivity index (χ2v) is 9.71. The van der Waals surface area contributed by atoms with Crippen molar-refractivity contribution in [1.82, 2.24) is 9.21 Å². The number of carbonyl (C=O) groups excluding carboxylic acids is 1. The topological polar surface area (TPSA) is 84.7 Å². The van der Waals surface area contributed by atoms with Gasteiger partial charge in [0.25, 0.3) is 0 Å². The fraction of sp³-hybridized carbons (Fsp3) is 0.333. The molecule has 0 radical (unpaired) electrons. The van der Waals surface area contributed by atoms with Crippen LogP contribution < -0.4 is 4.90 Å². The lowest BCUT2D eigenvalue weighted by Crippen LogP contribution is -2.51. The Hall–Kier alpha value is -2.15. The maximum absolute atomic E-state index is 13.0. The Bertz CT molecular complexity index is 1050. The van der Waals surface area contributed by atoms with Crippen LogP contribution in [0.25, 0.3) is 0 Å². The van der Waals surface area contributed by atoms with Gasteiger partial charge in [0.1, 0.15) is 4.90 Å². The number of benzene rings is 2. The normalized spacial score (nSPS) is 15.4. The van der Waals surface area contributed by atoms with Gasteiger partial charge in [0.15, 0.2) is 0 Å². The van der Waals surface area contributed by atoms with E-state index in [2.05, 4.69) is 6.07 Å². The van der Waals surface area contributed by atoms with E-state index < -0.39 is 10.0 Å². The van der Waals surface area contributed by atoms with Crippen molar-refractivity contribution < 1.29 is 13.2 Å². The molecule has 0 aromatic heterocycles. The Balaban J connectivity index is 1.65. The minimum Gasteiger partial charge on any atom is -0.310 e. The molecular weight excluding hydrogens is 459 g/mol. The summed E-state index contributed by atoms with van der Waals surface area (Å²) in [5.41, 5.74) is 0.734. The predicted octanol–water partition coefficient (Wildman–Crippen LogP) is 3.25. The Kier molecular flexibility index (Phi) is 7.92. The van der Waals surface area contributed by atoms with E-state index in [1.807, 2.05) is 35.2 Å². The molecule has 1 heterocycles. The molecule has 10 heteroatoms. The van der Waals surface area contributed by atoms with Gasteiger partial charge in [-0.05, 0) is 24.3 Å². The van der Waals surface area contributed by atoms with Crippen molar-refractivity contribution in [3.8, 4) is 6.07 Å². The number of hydrogen-bond acceptors (Lipinski definition) is 5. The quantitative estimate of drug-likeness (QED) is 0.606. The van der Waals surface area contributed by atoms with Crippen molar-refractivity contribution in [2.24, 2.45) is 0 Å². The van der Waals surface area contributed by atoms with E-state index in [1.54, 1.807) is 11.0 Å². The number of sulfonamides is 1. The molecule has 1 aliphatic heterocycles. The van der Waals surface area contributed by atoms with Crippen LogP contribution in [-0.4, -0.2) is 62.8 Å². The molecule has 7 nitrogen and oxygen atoms in total. The summed E-state index contributed by atoms with van der Waals surface area (Å²) >= 11 is 12.2. The fourth-order valence-corrected chi connectivity index (χ4v) is 5.94. The van der Waals surface area contributed by atoms with Gasteiger partial charge in [-0.3, -0.25) is 9.69 Å². The van der Waals surface area contributed by atoms with Gasteiger partial charge in [0, 0.05) is 38.4 Å². The molecule has 1 saturated heterocycles. The van der Waals surface area contributed by atoms with Gasteiger partial charge in [-0.2, -0.15) is 9.57 Å². The van der Waals surface area contributed by atoms with Gasteiger partial charge in [0.05, 0.1) is 29.1 Å². The first-order chi connectivity index (χ1) is 14.8. The highest BCUT2D eigenvalue weighted by molar-refractivity contribution is 7.89. The number of halogens is 2. The van der Waals surface area contributed by atoms with Crippen molar-refractivity contribution in [3.05, 3.63) is 58.6 Å². The van der Waals surface area contributed by atoms with Gasteiger partial charge < -0.3 is 4.90 Å². The van der Waals surface area contributed by atoms with Gasteiger partial charge >= 0.3 is 0 Å². The maximum Gasteiger partial charge on any atom is 0.246 e. The lowest BCUT2D eigenvalue weighted by molar-refractivity contribution is -0.120.